The molecule has 2 heterocycles. The van der Waals surface area contributed by atoms with Crippen LogP contribution in [-0.2, 0) is 11.3 Å². The predicted molar refractivity (Wildman–Crippen MR) is 102 cm³/mol. The molecule has 1 amide bonds. The molecule has 0 N–H and O–H groups in total. The van der Waals surface area contributed by atoms with Gasteiger partial charge in [-0.15, -0.1) is 0 Å². The summed E-state index contributed by atoms with van der Waals surface area (Å²) in [4.78, 5) is 15.0. The van der Waals surface area contributed by atoms with Crippen LogP contribution in [0.4, 0.5) is 0 Å². The second-order valence-corrected chi connectivity index (χ2v) is 7.54. The Kier molecular flexibility index (Phi) is 4.23. The van der Waals surface area contributed by atoms with E-state index in [1.54, 1.807) is 4.90 Å². The van der Waals surface area contributed by atoms with Crippen LogP contribution >= 0.6 is 24.0 Å². The van der Waals surface area contributed by atoms with Gasteiger partial charge < -0.3 is 9.47 Å². The summed E-state index contributed by atoms with van der Waals surface area (Å²) in [6.45, 7) is 2.76. The second-order valence-electron chi connectivity index (χ2n) is 5.87. The van der Waals surface area contributed by atoms with E-state index < -0.39 is 0 Å². The van der Waals surface area contributed by atoms with Gasteiger partial charge in [-0.3, -0.25) is 9.69 Å². The number of thiocarbonyl (C=S) groups is 1. The highest BCUT2D eigenvalue weighted by molar-refractivity contribution is 8.26. The predicted octanol–water partition coefficient (Wildman–Crippen LogP) is 4.13. The minimum atomic E-state index is -0.0618. The number of ether oxygens (including phenoxy) is 2. The number of thioether (sulfide) groups is 1. The normalized spacial score (nSPS) is 17.6. The molecule has 0 bridgehead atoms. The fraction of sp³-hybridized carbons (Fsp3) is 0.158. The Hall–Kier alpha value is -2.31. The Morgan fingerprint density at radius 2 is 1.92 bits per heavy atom. The van der Waals surface area contributed by atoms with Crippen molar-refractivity contribution in [1.29, 1.82) is 0 Å². The topological polar surface area (TPSA) is 38.8 Å². The van der Waals surface area contributed by atoms with E-state index in [0.29, 0.717) is 21.5 Å². The van der Waals surface area contributed by atoms with E-state index >= 15 is 0 Å². The largest absolute Gasteiger partial charge is 0.454 e. The molecule has 0 radical (unpaired) electrons. The van der Waals surface area contributed by atoms with Crippen LogP contribution in [0.3, 0.4) is 0 Å². The molecule has 6 heteroatoms. The van der Waals surface area contributed by atoms with Crippen molar-refractivity contribution in [1.82, 2.24) is 4.90 Å². The van der Waals surface area contributed by atoms with E-state index in [-0.39, 0.29) is 12.7 Å². The fourth-order valence-corrected chi connectivity index (χ4v) is 3.92. The lowest BCUT2D eigenvalue weighted by atomic mass is 10.1. The smallest absolute Gasteiger partial charge is 0.266 e. The summed E-state index contributed by atoms with van der Waals surface area (Å²) >= 11 is 6.73. The molecule has 2 aliphatic heterocycles. The maximum absolute atomic E-state index is 12.7. The number of rotatable bonds is 3. The molecule has 0 atom stereocenters. The molecule has 0 aliphatic carbocycles. The molecule has 0 aromatic heterocycles. The molecule has 1 fully saturated rings. The summed E-state index contributed by atoms with van der Waals surface area (Å²) in [5, 5.41) is 0. The van der Waals surface area contributed by atoms with Crippen LogP contribution in [0.25, 0.3) is 6.08 Å². The highest BCUT2D eigenvalue weighted by atomic mass is 32.2. The standard InChI is InChI=1S/C19H15NO3S2/c1-12-2-4-13(5-3-12)10-20-18(21)17(25-19(20)24)9-14-6-7-15-16(8-14)23-11-22-15/h2-9H,10-11H2,1H3/b17-9-. The van der Waals surface area contributed by atoms with Gasteiger partial charge in [-0.1, -0.05) is 59.9 Å². The molecule has 4 nitrogen and oxygen atoms in total. The Morgan fingerprint density at radius 3 is 2.72 bits per heavy atom. The van der Waals surface area contributed by atoms with Crippen LogP contribution in [-0.4, -0.2) is 21.9 Å². The quantitative estimate of drug-likeness (QED) is 0.601. The van der Waals surface area contributed by atoms with Gasteiger partial charge in [0.25, 0.3) is 5.91 Å². The Balaban J connectivity index is 1.55. The number of amides is 1. The van der Waals surface area contributed by atoms with E-state index in [2.05, 4.69) is 0 Å². The van der Waals surface area contributed by atoms with Crippen molar-refractivity contribution in [2.45, 2.75) is 13.5 Å². The summed E-state index contributed by atoms with van der Waals surface area (Å²) in [6, 6.07) is 13.7. The molecule has 1 saturated heterocycles. The number of carbonyl (C=O) groups is 1. The van der Waals surface area contributed by atoms with Crippen molar-refractivity contribution in [3.63, 3.8) is 0 Å². The summed E-state index contributed by atoms with van der Waals surface area (Å²) in [6.07, 6.45) is 1.84. The van der Waals surface area contributed by atoms with Crippen LogP contribution in [0.5, 0.6) is 11.5 Å². The van der Waals surface area contributed by atoms with Gasteiger partial charge in [0.15, 0.2) is 11.5 Å². The molecular weight excluding hydrogens is 354 g/mol. The van der Waals surface area contributed by atoms with E-state index in [4.69, 9.17) is 21.7 Å². The SMILES string of the molecule is Cc1ccc(CN2C(=O)/C(=C/c3ccc4c(c3)OCO4)SC2=S)cc1. The lowest BCUT2D eigenvalue weighted by Gasteiger charge is -2.14. The highest BCUT2D eigenvalue weighted by Gasteiger charge is 2.32. The summed E-state index contributed by atoms with van der Waals surface area (Å²) in [7, 11) is 0. The van der Waals surface area contributed by atoms with Gasteiger partial charge in [-0.05, 0) is 36.3 Å². The van der Waals surface area contributed by atoms with E-state index in [1.165, 1.54) is 17.3 Å². The third-order valence-electron chi connectivity index (χ3n) is 4.03. The first-order valence-corrected chi connectivity index (χ1v) is 9.03. The lowest BCUT2D eigenvalue weighted by molar-refractivity contribution is -0.122. The first kappa shape index (κ1) is 16.2. The van der Waals surface area contributed by atoms with E-state index in [0.717, 1.165) is 16.9 Å². The Morgan fingerprint density at radius 1 is 1.16 bits per heavy atom. The second kappa shape index (κ2) is 6.54. The fourth-order valence-electron chi connectivity index (χ4n) is 2.67. The summed E-state index contributed by atoms with van der Waals surface area (Å²) < 4.78 is 11.3. The van der Waals surface area contributed by atoms with Gasteiger partial charge >= 0.3 is 0 Å². The highest BCUT2D eigenvalue weighted by Crippen LogP contribution is 2.36. The summed E-state index contributed by atoms with van der Waals surface area (Å²) in [5.74, 6) is 1.36. The van der Waals surface area contributed by atoms with E-state index in [9.17, 15) is 4.79 Å². The number of hydrogen-bond acceptors (Lipinski definition) is 5. The molecule has 0 saturated carbocycles. The average molecular weight is 369 g/mol. The molecule has 2 aromatic carbocycles. The van der Waals surface area contributed by atoms with Gasteiger partial charge in [0.05, 0.1) is 11.4 Å². The van der Waals surface area contributed by atoms with Gasteiger partial charge in [-0.2, -0.15) is 0 Å². The Bertz CT molecular complexity index is 890. The molecule has 126 valence electrons. The third-order valence-corrected chi connectivity index (χ3v) is 5.41. The molecular formula is C19H15NO3S2. The van der Waals surface area contributed by atoms with Crippen LogP contribution in [0, 0.1) is 6.92 Å². The Labute approximate surface area is 155 Å². The minimum absolute atomic E-state index is 0.0618. The first-order valence-electron chi connectivity index (χ1n) is 7.81. The first-order chi connectivity index (χ1) is 12.1. The zero-order valence-corrected chi connectivity index (χ0v) is 15.2. The molecule has 4 rings (SSSR count). The maximum atomic E-state index is 12.7. The number of benzene rings is 2. The molecule has 2 aliphatic rings. The van der Waals surface area contributed by atoms with Crippen LogP contribution in [0.15, 0.2) is 47.4 Å². The monoisotopic (exact) mass is 369 g/mol. The van der Waals surface area contributed by atoms with E-state index in [1.807, 2.05) is 55.5 Å². The van der Waals surface area contributed by atoms with Crippen molar-refractivity contribution in [2.24, 2.45) is 0 Å². The zero-order chi connectivity index (χ0) is 17.4. The van der Waals surface area contributed by atoms with Gasteiger partial charge in [0.1, 0.15) is 4.32 Å². The van der Waals surface area contributed by atoms with Crippen LogP contribution < -0.4 is 9.47 Å². The zero-order valence-electron chi connectivity index (χ0n) is 13.5. The van der Waals surface area contributed by atoms with Gasteiger partial charge in [0, 0.05) is 0 Å². The third kappa shape index (κ3) is 3.27. The van der Waals surface area contributed by atoms with Crippen molar-refractivity contribution in [3.8, 4) is 11.5 Å². The van der Waals surface area contributed by atoms with Gasteiger partial charge in [-0.25, -0.2) is 0 Å². The van der Waals surface area contributed by atoms with Crippen molar-refractivity contribution >= 4 is 40.3 Å². The van der Waals surface area contributed by atoms with Crippen LogP contribution in [0.1, 0.15) is 16.7 Å². The lowest BCUT2D eigenvalue weighted by Crippen LogP contribution is -2.27. The maximum Gasteiger partial charge on any atom is 0.266 e. The van der Waals surface area contributed by atoms with Crippen molar-refractivity contribution in [2.75, 3.05) is 6.79 Å². The summed E-state index contributed by atoms with van der Waals surface area (Å²) in [5.41, 5.74) is 3.14. The molecule has 0 unspecified atom stereocenters. The van der Waals surface area contributed by atoms with Crippen molar-refractivity contribution in [3.05, 3.63) is 64.1 Å². The van der Waals surface area contributed by atoms with Gasteiger partial charge in [0.2, 0.25) is 6.79 Å². The average Bonchev–Trinajstić information content (AvgIpc) is 3.16. The number of hydrogen-bond donors (Lipinski definition) is 0. The minimum Gasteiger partial charge on any atom is -0.454 e. The van der Waals surface area contributed by atoms with Crippen molar-refractivity contribution < 1.29 is 14.3 Å². The number of aryl methyl sites for hydroxylation is 1. The molecule has 2 aromatic rings. The molecule has 25 heavy (non-hydrogen) atoms. The van der Waals surface area contributed by atoms with Crippen LogP contribution in [0.2, 0.25) is 0 Å². The molecule has 0 spiro atoms. The number of nitrogens with zero attached hydrogens (tertiary/aromatic N) is 1. The number of carbonyl (C=O) groups excluding carboxylic acids is 1. The number of fused-ring (bicyclic) bond motifs is 1.